The van der Waals surface area contributed by atoms with E-state index in [0.29, 0.717) is 11.3 Å². The third-order valence-electron chi connectivity index (χ3n) is 6.48. The van der Waals surface area contributed by atoms with E-state index in [-0.39, 0.29) is 0 Å². The van der Waals surface area contributed by atoms with Crippen molar-refractivity contribution in [3.8, 4) is 0 Å². The highest BCUT2D eigenvalue weighted by molar-refractivity contribution is 7.10. The van der Waals surface area contributed by atoms with E-state index in [2.05, 4.69) is 21.2 Å². The number of thiophene rings is 1. The van der Waals surface area contributed by atoms with Crippen LogP contribution in [0.4, 0.5) is 0 Å². The maximum Gasteiger partial charge on any atom is 0.222 e. The van der Waals surface area contributed by atoms with E-state index in [1.54, 1.807) is 0 Å². The Morgan fingerprint density at radius 1 is 1.04 bits per heavy atom. The molecule has 3 aliphatic heterocycles. The second kappa shape index (κ2) is 7.37. The summed E-state index contributed by atoms with van der Waals surface area (Å²) in [4.78, 5) is 20.4. The number of hydrogen-bond donors (Lipinski definition) is 0. The summed E-state index contributed by atoms with van der Waals surface area (Å²) in [5, 5.41) is 2.36. The molecule has 3 saturated heterocycles. The molecule has 0 aromatic carbocycles. The molecule has 0 N–H and O–H groups in total. The fourth-order valence-corrected chi connectivity index (χ4v) is 5.76. The lowest BCUT2D eigenvalue weighted by Gasteiger charge is -2.46. The Labute approximate surface area is 155 Å². The molecule has 4 nitrogen and oxygen atoms in total. The van der Waals surface area contributed by atoms with Crippen molar-refractivity contribution >= 4 is 17.2 Å². The van der Waals surface area contributed by atoms with Gasteiger partial charge in [-0.2, -0.15) is 0 Å². The lowest BCUT2D eigenvalue weighted by molar-refractivity contribution is -0.137. The maximum atomic E-state index is 11.8. The van der Waals surface area contributed by atoms with Gasteiger partial charge in [-0.25, -0.2) is 0 Å². The van der Waals surface area contributed by atoms with Gasteiger partial charge >= 0.3 is 0 Å². The van der Waals surface area contributed by atoms with Gasteiger partial charge in [-0.1, -0.05) is 0 Å². The number of likely N-dealkylation sites (tertiary alicyclic amines) is 3. The van der Waals surface area contributed by atoms with E-state index in [0.717, 1.165) is 32.5 Å². The van der Waals surface area contributed by atoms with E-state index >= 15 is 0 Å². The predicted molar refractivity (Wildman–Crippen MR) is 103 cm³/mol. The molecular formula is C20H31N3OS. The third-order valence-corrected chi connectivity index (χ3v) is 7.45. The van der Waals surface area contributed by atoms with Gasteiger partial charge in [-0.15, -0.1) is 11.3 Å². The molecule has 4 rings (SSSR count). The third kappa shape index (κ3) is 4.09. The number of carbonyl (C=O) groups excluding carboxylic acids is 1. The standard InChI is InChI=1S/C20H31N3OS/c1-21-16-20(5-4-19(21)24)6-10-23(11-7-20)14-18-12-17(15-25-18)13-22-8-2-3-9-22/h12,15H,2-11,13-14,16H2,1H3. The van der Waals surface area contributed by atoms with Crippen LogP contribution >= 0.6 is 11.3 Å². The van der Waals surface area contributed by atoms with Crippen LogP contribution in [0.2, 0.25) is 0 Å². The molecule has 1 amide bonds. The van der Waals surface area contributed by atoms with Crippen LogP contribution in [0, 0.1) is 5.41 Å². The molecule has 1 aromatic rings. The Morgan fingerprint density at radius 2 is 1.76 bits per heavy atom. The summed E-state index contributed by atoms with van der Waals surface area (Å²) in [5.74, 6) is 0.331. The van der Waals surface area contributed by atoms with Crippen LogP contribution < -0.4 is 0 Å². The lowest BCUT2D eigenvalue weighted by Crippen LogP contribution is -2.50. The summed E-state index contributed by atoms with van der Waals surface area (Å²) in [5.41, 5.74) is 1.90. The van der Waals surface area contributed by atoms with E-state index in [9.17, 15) is 4.79 Å². The summed E-state index contributed by atoms with van der Waals surface area (Å²) >= 11 is 1.93. The minimum atomic E-state index is 0.331. The van der Waals surface area contributed by atoms with Crippen molar-refractivity contribution in [1.29, 1.82) is 0 Å². The highest BCUT2D eigenvalue weighted by atomic mass is 32.1. The summed E-state index contributed by atoms with van der Waals surface area (Å²) in [6, 6.07) is 2.43. The summed E-state index contributed by atoms with van der Waals surface area (Å²) in [7, 11) is 1.98. The maximum absolute atomic E-state index is 11.8. The zero-order chi connectivity index (χ0) is 17.3. The van der Waals surface area contributed by atoms with Gasteiger partial charge in [0.1, 0.15) is 0 Å². The Hall–Kier alpha value is -0.910. The fraction of sp³-hybridized carbons (Fsp3) is 0.750. The Kier molecular flexibility index (Phi) is 5.16. The first-order chi connectivity index (χ1) is 12.1. The summed E-state index contributed by atoms with van der Waals surface area (Å²) in [6.45, 7) is 8.13. The van der Waals surface area contributed by atoms with Crippen LogP contribution in [0.5, 0.6) is 0 Å². The topological polar surface area (TPSA) is 26.8 Å². The van der Waals surface area contributed by atoms with Gasteiger partial charge in [0.25, 0.3) is 0 Å². The van der Waals surface area contributed by atoms with Crippen LogP contribution in [-0.4, -0.2) is 60.4 Å². The van der Waals surface area contributed by atoms with E-state index in [4.69, 9.17) is 0 Å². The molecule has 0 saturated carbocycles. The van der Waals surface area contributed by atoms with Crippen molar-refractivity contribution in [2.45, 2.75) is 51.6 Å². The molecule has 0 aliphatic carbocycles. The Balaban J connectivity index is 1.27. The second-order valence-corrected chi connectivity index (χ2v) is 9.43. The fourth-order valence-electron chi connectivity index (χ4n) is 4.84. The van der Waals surface area contributed by atoms with Crippen LogP contribution in [0.1, 0.15) is 49.0 Å². The average Bonchev–Trinajstić information content (AvgIpc) is 3.27. The van der Waals surface area contributed by atoms with E-state index < -0.39 is 0 Å². The quantitative estimate of drug-likeness (QED) is 0.824. The first kappa shape index (κ1) is 17.5. The molecule has 1 spiro atoms. The SMILES string of the molecule is CN1CC2(CCC1=O)CCN(Cc1cc(CN3CCCC3)cs1)CC2. The molecule has 4 heterocycles. The highest BCUT2D eigenvalue weighted by Crippen LogP contribution is 2.40. The number of amides is 1. The molecule has 0 radical (unpaired) electrons. The number of rotatable bonds is 4. The lowest BCUT2D eigenvalue weighted by atomic mass is 9.72. The molecule has 3 fully saturated rings. The van der Waals surface area contributed by atoms with Gasteiger partial charge in [0.15, 0.2) is 0 Å². The summed E-state index contributed by atoms with van der Waals surface area (Å²) < 4.78 is 0. The van der Waals surface area contributed by atoms with Gasteiger partial charge < -0.3 is 4.90 Å². The van der Waals surface area contributed by atoms with E-state index in [1.165, 1.54) is 62.3 Å². The molecular weight excluding hydrogens is 330 g/mol. The van der Waals surface area contributed by atoms with Gasteiger partial charge in [0, 0.05) is 38.0 Å². The van der Waals surface area contributed by atoms with Crippen LogP contribution in [-0.2, 0) is 17.9 Å². The van der Waals surface area contributed by atoms with Gasteiger partial charge in [-0.05, 0) is 80.7 Å². The molecule has 5 heteroatoms. The highest BCUT2D eigenvalue weighted by Gasteiger charge is 2.39. The van der Waals surface area contributed by atoms with Crippen molar-refractivity contribution < 1.29 is 4.79 Å². The van der Waals surface area contributed by atoms with Crippen molar-refractivity contribution in [2.24, 2.45) is 5.41 Å². The average molecular weight is 362 g/mol. The monoisotopic (exact) mass is 361 g/mol. The summed E-state index contributed by atoms with van der Waals surface area (Å²) in [6.07, 6.45) is 7.08. The molecule has 1 aromatic heterocycles. The number of nitrogens with zero attached hydrogens (tertiary/aromatic N) is 3. The zero-order valence-corrected chi connectivity index (χ0v) is 16.3. The number of piperidine rings is 2. The first-order valence-corrected chi connectivity index (χ1v) is 10.7. The van der Waals surface area contributed by atoms with Crippen LogP contribution in [0.3, 0.4) is 0 Å². The van der Waals surface area contributed by atoms with Crippen LogP contribution in [0.15, 0.2) is 11.4 Å². The first-order valence-electron chi connectivity index (χ1n) is 9.87. The second-order valence-electron chi connectivity index (χ2n) is 8.43. The van der Waals surface area contributed by atoms with Gasteiger partial charge in [0.2, 0.25) is 5.91 Å². The van der Waals surface area contributed by atoms with Crippen LogP contribution in [0.25, 0.3) is 0 Å². The predicted octanol–water partition coefficient (Wildman–Crippen LogP) is 3.18. The van der Waals surface area contributed by atoms with Gasteiger partial charge in [0.05, 0.1) is 0 Å². The van der Waals surface area contributed by atoms with Crippen molar-refractivity contribution in [3.05, 3.63) is 21.9 Å². The zero-order valence-electron chi connectivity index (χ0n) is 15.5. The minimum Gasteiger partial charge on any atom is -0.345 e. The normalized spacial score (nSPS) is 25.2. The minimum absolute atomic E-state index is 0.331. The molecule has 25 heavy (non-hydrogen) atoms. The van der Waals surface area contributed by atoms with Crippen molar-refractivity contribution in [3.63, 3.8) is 0 Å². The number of carbonyl (C=O) groups is 1. The molecule has 138 valence electrons. The molecule has 0 unspecified atom stereocenters. The van der Waals surface area contributed by atoms with E-state index in [1.807, 2.05) is 23.3 Å². The molecule has 0 bridgehead atoms. The van der Waals surface area contributed by atoms with Gasteiger partial charge in [-0.3, -0.25) is 14.6 Å². The molecule has 0 atom stereocenters. The largest absolute Gasteiger partial charge is 0.345 e. The van der Waals surface area contributed by atoms with Crippen molar-refractivity contribution in [2.75, 3.05) is 39.8 Å². The molecule has 3 aliphatic rings. The smallest absolute Gasteiger partial charge is 0.222 e. The van der Waals surface area contributed by atoms with Crippen molar-refractivity contribution in [1.82, 2.24) is 14.7 Å². The Morgan fingerprint density at radius 3 is 2.48 bits per heavy atom. The Bertz CT molecular complexity index is 600. The number of hydrogen-bond acceptors (Lipinski definition) is 4.